The summed E-state index contributed by atoms with van der Waals surface area (Å²) in [7, 11) is 0. The number of rotatable bonds is 0. The highest BCUT2D eigenvalue weighted by Crippen LogP contribution is 2.02. The summed E-state index contributed by atoms with van der Waals surface area (Å²) in [4.78, 5) is 9.94. The first kappa shape index (κ1) is 3.95. The van der Waals surface area contributed by atoms with Gasteiger partial charge in [-0.05, 0) is 0 Å². The van der Waals surface area contributed by atoms with Gasteiger partial charge in [0, 0.05) is 0 Å². The van der Waals surface area contributed by atoms with Crippen LogP contribution in [0, 0.1) is 0 Å². The Hall–Kier alpha value is -0.220. The van der Waals surface area contributed by atoms with Crippen molar-refractivity contribution in [3.63, 3.8) is 0 Å². The van der Waals surface area contributed by atoms with Crippen molar-refractivity contribution in [2.24, 2.45) is 0 Å². The van der Waals surface area contributed by atoms with E-state index in [1.165, 1.54) is 0 Å². The van der Waals surface area contributed by atoms with E-state index in [1.807, 2.05) is 0 Å². The molecule has 0 spiro atoms. The summed E-state index contributed by atoms with van der Waals surface area (Å²) in [6, 6.07) is 0. The molecule has 1 rings (SSSR count). The predicted octanol–water partition coefficient (Wildman–Crippen LogP) is -0.304. The lowest BCUT2D eigenvalue weighted by Crippen LogP contribution is -2.03. The Kier molecular flexibility index (Phi) is 0.979. The maximum Gasteiger partial charge on any atom is 0.334 e. The Morgan fingerprint density at radius 1 is 2.00 bits per heavy atom. The van der Waals surface area contributed by atoms with Gasteiger partial charge in [0.15, 0.2) is 0 Å². The lowest BCUT2D eigenvalue weighted by molar-refractivity contribution is -0.130. The maximum atomic E-state index is 9.94. The molecule has 0 atom stereocenters. The molecule has 0 bridgehead atoms. The minimum Gasteiger partial charge on any atom is -0.374 e. The van der Waals surface area contributed by atoms with E-state index in [-0.39, 0.29) is 5.97 Å². The zero-order chi connectivity index (χ0) is 4.41. The fourth-order valence-electron chi connectivity index (χ4n) is 0.194. The molecule has 0 saturated carbocycles. The van der Waals surface area contributed by atoms with Gasteiger partial charge >= 0.3 is 5.97 Å². The third-order valence-corrected chi connectivity index (χ3v) is 0.941. The van der Waals surface area contributed by atoms with Crippen molar-refractivity contribution in [2.75, 3.05) is 6.54 Å². The minimum atomic E-state index is -0.194. The molecule has 0 amide bonds. The Labute approximate surface area is 39.4 Å². The minimum absolute atomic E-state index is 0.194. The number of hydrogen-bond acceptors (Lipinski definition) is 4. The average molecular weight is 105 g/mol. The molecule has 1 heterocycles. The second-order valence-corrected chi connectivity index (χ2v) is 1.48. The summed E-state index contributed by atoms with van der Waals surface area (Å²) in [5.74, 6) is -0.194. The summed E-state index contributed by atoms with van der Waals surface area (Å²) in [6.45, 7) is 0.338. The molecule has 1 aliphatic heterocycles. The van der Waals surface area contributed by atoms with Gasteiger partial charge in [0.1, 0.15) is 18.8 Å². The van der Waals surface area contributed by atoms with E-state index in [0.717, 1.165) is 12.2 Å². The number of nitrogens with one attached hydrogen (secondary N) is 1. The molecule has 1 aliphatic rings. The first-order chi connectivity index (χ1) is 2.89. The van der Waals surface area contributed by atoms with Crippen LogP contribution in [0.25, 0.3) is 0 Å². The van der Waals surface area contributed by atoms with E-state index in [9.17, 15) is 4.79 Å². The fourth-order valence-corrected chi connectivity index (χ4v) is 0.581. The summed E-state index contributed by atoms with van der Waals surface area (Å²) >= 11 is 0.983. The molecule has 1 saturated heterocycles. The second kappa shape index (κ2) is 1.49. The molecular weight excluding hydrogens is 102 g/mol. The molecule has 0 aromatic carbocycles. The zero-order valence-corrected chi connectivity index (χ0v) is 3.75. The van der Waals surface area contributed by atoms with Gasteiger partial charge in [-0.15, -0.1) is 0 Å². The van der Waals surface area contributed by atoms with Gasteiger partial charge in [-0.1, -0.05) is 0 Å². The van der Waals surface area contributed by atoms with Crippen molar-refractivity contribution in [1.29, 1.82) is 0 Å². The van der Waals surface area contributed by atoms with E-state index in [1.54, 1.807) is 0 Å². The molecule has 0 aliphatic carbocycles. The van der Waals surface area contributed by atoms with E-state index >= 15 is 0 Å². The summed E-state index contributed by atoms with van der Waals surface area (Å²) in [5.41, 5.74) is 0. The third kappa shape index (κ3) is 0.636. The van der Waals surface area contributed by atoms with Crippen molar-refractivity contribution < 1.29 is 8.98 Å². The van der Waals surface area contributed by atoms with Gasteiger partial charge < -0.3 is 4.18 Å². The molecular formula is C2H3NO2S. The smallest absolute Gasteiger partial charge is 0.334 e. The predicted molar refractivity (Wildman–Crippen MR) is 21.7 cm³/mol. The Morgan fingerprint density at radius 2 is 2.83 bits per heavy atom. The summed E-state index contributed by atoms with van der Waals surface area (Å²) in [6.07, 6.45) is 0. The van der Waals surface area contributed by atoms with Gasteiger partial charge in [-0.3, -0.25) is 0 Å². The van der Waals surface area contributed by atoms with Crippen LogP contribution < -0.4 is 4.72 Å². The van der Waals surface area contributed by atoms with Crippen molar-refractivity contribution >= 4 is 18.2 Å². The Bertz CT molecular complexity index is 65.9. The second-order valence-electron chi connectivity index (χ2n) is 0.860. The van der Waals surface area contributed by atoms with E-state index in [4.69, 9.17) is 0 Å². The Morgan fingerprint density at radius 3 is 3.00 bits per heavy atom. The van der Waals surface area contributed by atoms with Crippen LogP contribution >= 0.6 is 12.2 Å². The summed E-state index contributed by atoms with van der Waals surface area (Å²) in [5, 5.41) is 0. The molecule has 0 radical (unpaired) electrons. The highest BCUT2D eigenvalue weighted by atomic mass is 32.2. The van der Waals surface area contributed by atoms with Crippen LogP contribution in [0.15, 0.2) is 0 Å². The molecule has 6 heavy (non-hydrogen) atoms. The first-order valence-electron chi connectivity index (χ1n) is 1.49. The van der Waals surface area contributed by atoms with Gasteiger partial charge in [0.05, 0.1) is 0 Å². The van der Waals surface area contributed by atoms with Crippen molar-refractivity contribution in [1.82, 2.24) is 4.72 Å². The molecule has 0 aromatic heterocycles. The highest BCUT2D eigenvalue weighted by molar-refractivity contribution is 7.93. The largest absolute Gasteiger partial charge is 0.374 e. The zero-order valence-electron chi connectivity index (χ0n) is 2.93. The molecule has 3 nitrogen and oxygen atoms in total. The first-order valence-corrected chi connectivity index (χ1v) is 2.23. The molecule has 1 N–H and O–H groups in total. The normalized spacial score (nSPS) is 21.0. The van der Waals surface area contributed by atoms with Crippen LogP contribution in [0.3, 0.4) is 0 Å². The van der Waals surface area contributed by atoms with Gasteiger partial charge in [0.2, 0.25) is 0 Å². The average Bonchev–Trinajstić information content (AvgIpc) is 1.86. The summed E-state index contributed by atoms with van der Waals surface area (Å²) < 4.78 is 6.94. The van der Waals surface area contributed by atoms with Crippen LogP contribution in [0.5, 0.6) is 0 Å². The van der Waals surface area contributed by atoms with E-state index in [2.05, 4.69) is 8.91 Å². The number of carbonyl (C=O) groups excluding carboxylic acids is 1. The lowest BCUT2D eigenvalue weighted by atomic mass is 10.7. The van der Waals surface area contributed by atoms with Gasteiger partial charge in [-0.25, -0.2) is 9.52 Å². The Balaban J connectivity index is 2.37. The third-order valence-electron chi connectivity index (χ3n) is 0.410. The molecule has 0 unspecified atom stereocenters. The topological polar surface area (TPSA) is 38.3 Å². The molecule has 0 aromatic rings. The fraction of sp³-hybridized carbons (Fsp3) is 0.500. The molecule has 1 fully saturated rings. The molecule has 4 heteroatoms. The quantitative estimate of drug-likeness (QED) is 0.339. The standard InChI is InChI=1S/C2H3NO2S/c4-2-1-3-6-5-2/h3H,1H2. The van der Waals surface area contributed by atoms with Crippen molar-refractivity contribution in [3.8, 4) is 0 Å². The van der Waals surface area contributed by atoms with Crippen LogP contribution in [0.1, 0.15) is 0 Å². The SMILES string of the molecule is O=C1CNSO1. The van der Waals surface area contributed by atoms with Crippen LogP contribution in [0.2, 0.25) is 0 Å². The monoisotopic (exact) mass is 105 g/mol. The van der Waals surface area contributed by atoms with Crippen molar-refractivity contribution in [2.45, 2.75) is 0 Å². The van der Waals surface area contributed by atoms with E-state index < -0.39 is 0 Å². The van der Waals surface area contributed by atoms with Gasteiger partial charge in [-0.2, -0.15) is 0 Å². The van der Waals surface area contributed by atoms with Crippen LogP contribution in [-0.4, -0.2) is 12.5 Å². The van der Waals surface area contributed by atoms with Crippen molar-refractivity contribution in [3.05, 3.63) is 0 Å². The lowest BCUT2D eigenvalue weighted by Gasteiger charge is -1.75. The van der Waals surface area contributed by atoms with E-state index in [0.29, 0.717) is 6.54 Å². The molecule has 34 valence electrons. The van der Waals surface area contributed by atoms with Gasteiger partial charge in [0.25, 0.3) is 0 Å². The van der Waals surface area contributed by atoms with Crippen LogP contribution in [-0.2, 0) is 8.98 Å². The van der Waals surface area contributed by atoms with Crippen LogP contribution in [0.4, 0.5) is 0 Å². The number of carbonyl (C=O) groups is 1. The number of hydrogen-bond donors (Lipinski definition) is 1. The maximum absolute atomic E-state index is 9.94. The highest BCUT2D eigenvalue weighted by Gasteiger charge is 2.09.